The Morgan fingerprint density at radius 1 is 1.30 bits per heavy atom. The molecule has 2 rings (SSSR count). The predicted octanol–water partition coefficient (Wildman–Crippen LogP) is 2.76. The Labute approximate surface area is 127 Å². The Kier molecular flexibility index (Phi) is 5.79. The number of hydrogen-bond acceptors (Lipinski definition) is 5. The molecular weight excluding hydrogens is 320 g/mol. The van der Waals surface area contributed by atoms with Crippen LogP contribution in [-0.2, 0) is 6.54 Å². The molecule has 2 N–H and O–H groups in total. The monoisotopic (exact) mass is 338 g/mol. The highest BCUT2D eigenvalue weighted by molar-refractivity contribution is 9.10. The van der Waals surface area contributed by atoms with Crippen LogP contribution in [0.25, 0.3) is 0 Å². The SMILES string of the molecule is CCCNc1ncc(Br)c(NCCCn2cccn2)n1. The Balaban J connectivity index is 1.81. The summed E-state index contributed by atoms with van der Waals surface area (Å²) in [6.45, 7) is 4.72. The van der Waals surface area contributed by atoms with E-state index in [-0.39, 0.29) is 0 Å². The van der Waals surface area contributed by atoms with Gasteiger partial charge in [-0.05, 0) is 34.8 Å². The van der Waals surface area contributed by atoms with Crippen molar-refractivity contribution in [1.29, 1.82) is 0 Å². The van der Waals surface area contributed by atoms with E-state index in [1.165, 1.54) is 0 Å². The number of nitrogens with zero attached hydrogens (tertiary/aromatic N) is 4. The molecule has 0 aliphatic carbocycles. The van der Waals surface area contributed by atoms with Crippen LogP contribution in [0.3, 0.4) is 0 Å². The first-order chi connectivity index (χ1) is 9.79. The molecule has 0 saturated carbocycles. The van der Waals surface area contributed by atoms with Crippen molar-refractivity contribution < 1.29 is 0 Å². The third-order valence-electron chi connectivity index (χ3n) is 2.69. The zero-order valence-electron chi connectivity index (χ0n) is 11.5. The number of rotatable bonds is 8. The van der Waals surface area contributed by atoms with Gasteiger partial charge in [-0.15, -0.1) is 0 Å². The van der Waals surface area contributed by atoms with Crippen LogP contribution in [0.15, 0.2) is 29.1 Å². The average molecular weight is 339 g/mol. The maximum atomic E-state index is 4.44. The predicted molar refractivity (Wildman–Crippen MR) is 83.8 cm³/mol. The normalized spacial score (nSPS) is 10.5. The van der Waals surface area contributed by atoms with Crippen LogP contribution in [0.1, 0.15) is 19.8 Å². The van der Waals surface area contributed by atoms with Crippen molar-refractivity contribution in [2.24, 2.45) is 0 Å². The summed E-state index contributed by atoms with van der Waals surface area (Å²) >= 11 is 3.46. The lowest BCUT2D eigenvalue weighted by Gasteiger charge is -2.09. The van der Waals surface area contributed by atoms with E-state index in [0.717, 1.165) is 42.8 Å². The van der Waals surface area contributed by atoms with Crippen LogP contribution >= 0.6 is 15.9 Å². The molecule has 2 heterocycles. The van der Waals surface area contributed by atoms with E-state index in [9.17, 15) is 0 Å². The standard InChI is InChI=1S/C13H19BrN6/c1-2-5-16-13-17-10-11(14)12(19-13)15-6-3-8-20-9-4-7-18-20/h4,7,9-10H,2-3,5-6,8H2,1H3,(H2,15,16,17,19). The zero-order chi connectivity index (χ0) is 14.2. The number of aryl methyl sites for hydroxylation is 1. The smallest absolute Gasteiger partial charge is 0.224 e. The number of aromatic nitrogens is 4. The summed E-state index contributed by atoms with van der Waals surface area (Å²) < 4.78 is 2.80. The van der Waals surface area contributed by atoms with E-state index in [1.807, 2.05) is 16.9 Å². The number of hydrogen-bond donors (Lipinski definition) is 2. The van der Waals surface area contributed by atoms with Crippen molar-refractivity contribution in [2.45, 2.75) is 26.3 Å². The highest BCUT2D eigenvalue weighted by atomic mass is 79.9. The zero-order valence-corrected chi connectivity index (χ0v) is 13.1. The Morgan fingerprint density at radius 2 is 2.20 bits per heavy atom. The molecule has 7 heteroatoms. The summed E-state index contributed by atoms with van der Waals surface area (Å²) in [6.07, 6.45) is 7.55. The van der Waals surface area contributed by atoms with Gasteiger partial charge in [0, 0.05) is 38.2 Å². The molecule has 0 fully saturated rings. The van der Waals surface area contributed by atoms with E-state index in [4.69, 9.17) is 0 Å². The summed E-state index contributed by atoms with van der Waals surface area (Å²) in [5.41, 5.74) is 0. The molecule has 0 aromatic carbocycles. The summed E-state index contributed by atoms with van der Waals surface area (Å²) in [5, 5.41) is 10.7. The fraction of sp³-hybridized carbons (Fsp3) is 0.462. The molecule has 0 radical (unpaired) electrons. The molecule has 2 aromatic heterocycles. The summed E-state index contributed by atoms with van der Waals surface area (Å²) in [4.78, 5) is 8.66. The van der Waals surface area contributed by atoms with Gasteiger partial charge in [0.1, 0.15) is 5.82 Å². The molecule has 0 unspecified atom stereocenters. The Bertz CT molecular complexity index is 514. The van der Waals surface area contributed by atoms with Crippen LogP contribution in [0.4, 0.5) is 11.8 Å². The molecule has 2 aromatic rings. The maximum absolute atomic E-state index is 4.44. The fourth-order valence-corrected chi connectivity index (χ4v) is 2.02. The van der Waals surface area contributed by atoms with Crippen molar-refractivity contribution in [3.8, 4) is 0 Å². The van der Waals surface area contributed by atoms with Gasteiger partial charge in [0.05, 0.1) is 4.47 Å². The van der Waals surface area contributed by atoms with E-state index in [1.54, 1.807) is 12.4 Å². The molecule has 0 spiro atoms. The van der Waals surface area contributed by atoms with E-state index in [0.29, 0.717) is 5.95 Å². The Hall–Kier alpha value is -1.63. The third-order valence-corrected chi connectivity index (χ3v) is 3.27. The second kappa shape index (κ2) is 7.84. The molecule has 20 heavy (non-hydrogen) atoms. The lowest BCUT2D eigenvalue weighted by molar-refractivity contribution is 0.591. The van der Waals surface area contributed by atoms with Crippen molar-refractivity contribution in [3.63, 3.8) is 0 Å². The topological polar surface area (TPSA) is 67.7 Å². The van der Waals surface area contributed by atoms with E-state index >= 15 is 0 Å². The fourth-order valence-electron chi connectivity index (χ4n) is 1.69. The first-order valence-corrected chi connectivity index (χ1v) is 7.56. The van der Waals surface area contributed by atoms with Crippen LogP contribution < -0.4 is 10.6 Å². The van der Waals surface area contributed by atoms with Crippen molar-refractivity contribution in [1.82, 2.24) is 19.7 Å². The van der Waals surface area contributed by atoms with Crippen molar-refractivity contribution in [3.05, 3.63) is 29.1 Å². The molecule has 0 amide bonds. The minimum Gasteiger partial charge on any atom is -0.369 e. The quantitative estimate of drug-likeness (QED) is 0.724. The Morgan fingerprint density at radius 3 is 2.95 bits per heavy atom. The number of anilines is 2. The molecule has 0 aliphatic rings. The minimum absolute atomic E-state index is 0.657. The van der Waals surface area contributed by atoms with Gasteiger partial charge in [-0.3, -0.25) is 4.68 Å². The van der Waals surface area contributed by atoms with Crippen LogP contribution in [-0.4, -0.2) is 32.8 Å². The molecule has 0 saturated heterocycles. The van der Waals surface area contributed by atoms with E-state index in [2.05, 4.69) is 48.6 Å². The van der Waals surface area contributed by atoms with Gasteiger partial charge in [-0.25, -0.2) is 4.98 Å². The van der Waals surface area contributed by atoms with Crippen LogP contribution in [0.5, 0.6) is 0 Å². The van der Waals surface area contributed by atoms with Crippen LogP contribution in [0, 0.1) is 0 Å². The van der Waals surface area contributed by atoms with Gasteiger partial charge in [-0.1, -0.05) is 6.92 Å². The van der Waals surface area contributed by atoms with Gasteiger partial charge in [-0.2, -0.15) is 10.1 Å². The van der Waals surface area contributed by atoms with Crippen molar-refractivity contribution >= 4 is 27.7 Å². The lowest BCUT2D eigenvalue weighted by atomic mass is 10.4. The lowest BCUT2D eigenvalue weighted by Crippen LogP contribution is -2.10. The minimum atomic E-state index is 0.657. The number of nitrogens with one attached hydrogen (secondary N) is 2. The highest BCUT2D eigenvalue weighted by Gasteiger charge is 2.04. The van der Waals surface area contributed by atoms with Crippen LogP contribution in [0.2, 0.25) is 0 Å². The highest BCUT2D eigenvalue weighted by Crippen LogP contribution is 2.19. The van der Waals surface area contributed by atoms with Gasteiger partial charge in [0.2, 0.25) is 5.95 Å². The van der Waals surface area contributed by atoms with Gasteiger partial charge in [0.15, 0.2) is 0 Å². The van der Waals surface area contributed by atoms with E-state index < -0.39 is 0 Å². The molecule has 0 aliphatic heterocycles. The second-order valence-corrected chi connectivity index (χ2v) is 5.22. The summed E-state index contributed by atoms with van der Waals surface area (Å²) in [6, 6.07) is 1.93. The average Bonchev–Trinajstić information content (AvgIpc) is 2.97. The molecule has 0 bridgehead atoms. The first-order valence-electron chi connectivity index (χ1n) is 6.77. The number of halogens is 1. The summed E-state index contributed by atoms with van der Waals surface area (Å²) in [5.74, 6) is 1.48. The first kappa shape index (κ1) is 14.8. The van der Waals surface area contributed by atoms with Crippen molar-refractivity contribution in [2.75, 3.05) is 23.7 Å². The molecule has 6 nitrogen and oxygen atoms in total. The van der Waals surface area contributed by atoms with Gasteiger partial charge in [0.25, 0.3) is 0 Å². The molecular formula is C13H19BrN6. The maximum Gasteiger partial charge on any atom is 0.224 e. The molecule has 108 valence electrons. The van der Waals surface area contributed by atoms with Gasteiger partial charge < -0.3 is 10.6 Å². The van der Waals surface area contributed by atoms with Gasteiger partial charge >= 0.3 is 0 Å². The second-order valence-electron chi connectivity index (χ2n) is 4.37. The third kappa shape index (κ3) is 4.48. The summed E-state index contributed by atoms with van der Waals surface area (Å²) in [7, 11) is 0. The largest absolute Gasteiger partial charge is 0.369 e. The molecule has 0 atom stereocenters.